The third-order valence-corrected chi connectivity index (χ3v) is 14.2. The lowest BCUT2D eigenvalue weighted by molar-refractivity contribution is -0.0259. The van der Waals surface area contributed by atoms with Crippen LogP contribution < -0.4 is 0 Å². The average molecular weight is 463 g/mol. The van der Waals surface area contributed by atoms with Gasteiger partial charge < -0.3 is 26.6 Å². The molecule has 0 saturated carbocycles. The number of rotatable bonds is 16. The van der Waals surface area contributed by atoms with Crippen molar-refractivity contribution in [3.05, 3.63) is 0 Å². The van der Waals surface area contributed by atoms with E-state index in [9.17, 15) is 4.57 Å². The van der Waals surface area contributed by atoms with Crippen LogP contribution in [0.3, 0.4) is 0 Å². The van der Waals surface area contributed by atoms with E-state index in [2.05, 4.69) is 0 Å². The largest absolute Gasteiger partial charge is 0.534 e. The minimum Gasteiger partial charge on any atom is -0.375 e. The van der Waals surface area contributed by atoms with E-state index in [0.717, 1.165) is 0 Å². The molecule has 28 heavy (non-hydrogen) atoms. The van der Waals surface area contributed by atoms with Crippen molar-refractivity contribution in [1.29, 1.82) is 0 Å². The summed E-state index contributed by atoms with van der Waals surface area (Å²) in [6.45, 7) is 7.62. The van der Waals surface area contributed by atoms with E-state index in [1.54, 1.807) is 0 Å². The molecule has 0 N–H and O–H groups in total. The Bertz CT molecular complexity index is 409. The first-order valence-corrected chi connectivity index (χ1v) is 14.1. The van der Waals surface area contributed by atoms with E-state index >= 15 is 0 Å². The first-order valence-electron chi connectivity index (χ1n) is 9.44. The maximum atomic E-state index is 13.2. The smallest absolute Gasteiger partial charge is 0.375 e. The minimum atomic E-state index is -3.29. The molecule has 0 aliphatic carbocycles. The fraction of sp³-hybridized carbons (Fsp3) is 1.00. The van der Waals surface area contributed by atoms with E-state index in [4.69, 9.17) is 35.6 Å². The van der Waals surface area contributed by atoms with Gasteiger partial charge in [0.15, 0.2) is 0 Å². The molecule has 0 atom stereocenters. The lowest BCUT2D eigenvalue weighted by Crippen LogP contribution is -2.65. The molecule has 0 fully saturated rings. The molecule has 0 aromatic carbocycles. The molecule has 170 valence electrons. The molecule has 0 aromatic heterocycles. The van der Waals surface area contributed by atoms with Crippen LogP contribution in [0, 0.1) is 0 Å². The Hall–Kier alpha value is 0.344. The van der Waals surface area contributed by atoms with Gasteiger partial charge in [0.25, 0.3) is 0 Å². The van der Waals surface area contributed by atoms with Crippen LogP contribution in [0.5, 0.6) is 0 Å². The fourth-order valence-electron chi connectivity index (χ4n) is 3.74. The van der Waals surface area contributed by atoms with Crippen LogP contribution in [0.1, 0.15) is 53.4 Å². The van der Waals surface area contributed by atoms with Gasteiger partial charge in [-0.15, -0.1) is 0 Å². The first kappa shape index (κ1) is 28.3. The Morgan fingerprint density at radius 2 is 0.786 bits per heavy atom. The molecule has 9 nitrogen and oxygen atoms in total. The zero-order valence-electron chi connectivity index (χ0n) is 19.0. The molecule has 0 radical (unpaired) electrons. The van der Waals surface area contributed by atoms with E-state index < -0.39 is 36.3 Å². The van der Waals surface area contributed by atoms with Crippen molar-refractivity contribution in [3.63, 3.8) is 0 Å². The lowest BCUT2D eigenvalue weighted by atomic mass is 10.2. The molecule has 0 spiro atoms. The Kier molecular flexibility index (Phi) is 12.4. The summed E-state index contributed by atoms with van der Waals surface area (Å²) in [6, 6.07) is 0. The Labute approximate surface area is 173 Å². The van der Waals surface area contributed by atoms with Gasteiger partial charge in [0.05, 0.1) is 0 Å². The lowest BCUT2D eigenvalue weighted by Gasteiger charge is -2.44. The zero-order chi connectivity index (χ0) is 22.1. The van der Waals surface area contributed by atoms with Crippen molar-refractivity contribution in [3.8, 4) is 0 Å². The van der Waals surface area contributed by atoms with Crippen LogP contribution in [0.4, 0.5) is 0 Å². The summed E-state index contributed by atoms with van der Waals surface area (Å²) in [5, 5.41) is -2.04. The minimum absolute atomic E-state index is 0.470. The van der Waals surface area contributed by atoms with Crippen LogP contribution in [-0.4, -0.2) is 70.7 Å². The van der Waals surface area contributed by atoms with E-state index in [1.165, 1.54) is 42.7 Å². The third kappa shape index (κ3) is 4.97. The Morgan fingerprint density at radius 3 is 0.929 bits per heavy atom. The highest BCUT2D eigenvalue weighted by Crippen LogP contribution is 2.47. The van der Waals surface area contributed by atoms with Crippen molar-refractivity contribution in [1.82, 2.24) is 0 Å². The van der Waals surface area contributed by atoms with Gasteiger partial charge in [0, 0.05) is 42.7 Å². The van der Waals surface area contributed by atoms with Gasteiger partial charge in [-0.1, -0.05) is 27.7 Å². The van der Waals surface area contributed by atoms with Gasteiger partial charge in [0.2, 0.25) is 0 Å². The summed E-state index contributed by atoms with van der Waals surface area (Å²) in [4.78, 5) is 0. The van der Waals surface area contributed by atoms with Crippen LogP contribution in [-0.2, 0) is 40.2 Å². The second kappa shape index (κ2) is 12.3. The van der Waals surface area contributed by atoms with Gasteiger partial charge in [0.1, 0.15) is 10.4 Å². The summed E-state index contributed by atoms with van der Waals surface area (Å²) in [5.74, 6) is 0. The van der Waals surface area contributed by atoms with Crippen LogP contribution in [0.15, 0.2) is 0 Å². The quantitative estimate of drug-likeness (QED) is 0.253. The van der Waals surface area contributed by atoms with Crippen LogP contribution in [0.25, 0.3) is 0 Å². The molecule has 0 aromatic rings. The molecule has 12 heteroatoms. The first-order chi connectivity index (χ1) is 13.2. The SMILES string of the molecule is CCC(CC)(O[PH](=O)OC(CC)(CC)[Si](OC)(OC)OC)[Si](OC)(OC)OC. The highest BCUT2D eigenvalue weighted by molar-refractivity contribution is 7.33. The summed E-state index contributed by atoms with van der Waals surface area (Å²) in [5.41, 5.74) is 0. The average Bonchev–Trinajstić information content (AvgIpc) is 2.74. The van der Waals surface area contributed by atoms with Crippen molar-refractivity contribution in [2.45, 2.75) is 63.8 Å². The predicted octanol–water partition coefficient (Wildman–Crippen LogP) is 3.36. The summed E-state index contributed by atoms with van der Waals surface area (Å²) >= 11 is 0. The Balaban J connectivity index is 6.00. The fourth-order valence-corrected chi connectivity index (χ4v) is 11.5. The van der Waals surface area contributed by atoms with Gasteiger partial charge in [-0.25, -0.2) is 0 Å². The standard InChI is InChI=1S/C16H39O9PSi2/c1-11-15(12-2,27(18-5,19-6)20-7)24-26(17)25-16(13-3,14-4)28(21-8,22-9)23-10/h26H,11-14H2,1-10H3. The van der Waals surface area contributed by atoms with Gasteiger partial charge >= 0.3 is 25.9 Å². The van der Waals surface area contributed by atoms with Crippen molar-refractivity contribution in [2.24, 2.45) is 0 Å². The molecule has 0 aliphatic heterocycles. The molecular formula is C16H39O9PSi2. The second-order valence-electron chi connectivity index (χ2n) is 6.19. The van der Waals surface area contributed by atoms with E-state index in [1.807, 2.05) is 27.7 Å². The van der Waals surface area contributed by atoms with Crippen molar-refractivity contribution >= 4 is 25.9 Å². The number of hydrogen-bond acceptors (Lipinski definition) is 9. The van der Waals surface area contributed by atoms with E-state index in [-0.39, 0.29) is 0 Å². The predicted molar refractivity (Wildman–Crippen MR) is 111 cm³/mol. The highest BCUT2D eigenvalue weighted by atomic mass is 31.1. The molecular weight excluding hydrogens is 423 g/mol. The molecule has 0 amide bonds. The monoisotopic (exact) mass is 462 g/mol. The molecule has 0 heterocycles. The van der Waals surface area contributed by atoms with Gasteiger partial charge in [-0.3, -0.25) is 13.6 Å². The zero-order valence-corrected chi connectivity index (χ0v) is 22.0. The maximum absolute atomic E-state index is 13.2. The van der Waals surface area contributed by atoms with E-state index in [0.29, 0.717) is 25.7 Å². The molecule has 0 aliphatic rings. The van der Waals surface area contributed by atoms with Crippen LogP contribution >= 0.6 is 8.25 Å². The molecule has 0 bridgehead atoms. The topological polar surface area (TPSA) is 90.9 Å². The van der Waals surface area contributed by atoms with Crippen molar-refractivity contribution < 1.29 is 40.2 Å². The second-order valence-corrected chi connectivity index (χ2v) is 13.6. The Morgan fingerprint density at radius 1 is 0.571 bits per heavy atom. The molecule has 0 rings (SSSR count). The number of hydrogen-bond donors (Lipinski definition) is 0. The molecule has 0 unspecified atom stereocenters. The maximum Gasteiger partial charge on any atom is 0.534 e. The summed E-state index contributed by atoms with van der Waals surface area (Å²) < 4.78 is 59.0. The van der Waals surface area contributed by atoms with Gasteiger partial charge in [-0.2, -0.15) is 0 Å². The normalized spacial score (nSPS) is 14.1. The van der Waals surface area contributed by atoms with Crippen LogP contribution in [0.2, 0.25) is 0 Å². The van der Waals surface area contributed by atoms with Crippen molar-refractivity contribution in [2.75, 3.05) is 42.7 Å². The summed E-state index contributed by atoms with van der Waals surface area (Å²) in [6.07, 6.45) is 1.88. The third-order valence-electron chi connectivity index (χ3n) is 5.57. The molecule has 0 saturated heterocycles. The van der Waals surface area contributed by atoms with Gasteiger partial charge in [-0.05, 0) is 25.7 Å². The highest BCUT2D eigenvalue weighted by Gasteiger charge is 2.63. The summed E-state index contributed by atoms with van der Waals surface area (Å²) in [7, 11) is -0.595.